The van der Waals surface area contributed by atoms with Crippen LogP contribution >= 0.6 is 11.6 Å². The predicted octanol–water partition coefficient (Wildman–Crippen LogP) is 6.42. The summed E-state index contributed by atoms with van der Waals surface area (Å²) in [5, 5.41) is 7.72. The maximum absolute atomic E-state index is 13.3. The quantitative estimate of drug-likeness (QED) is 0.137. The lowest BCUT2D eigenvalue weighted by atomic mass is 9.93. The minimum absolute atomic E-state index is 0.100. The molecule has 0 spiro atoms. The molecule has 1 aliphatic carbocycles. The van der Waals surface area contributed by atoms with Crippen molar-refractivity contribution in [2.24, 2.45) is 5.92 Å². The van der Waals surface area contributed by atoms with Crippen molar-refractivity contribution in [1.29, 1.82) is 0 Å². The number of imide groups is 2. The van der Waals surface area contributed by atoms with E-state index in [2.05, 4.69) is 60.7 Å². The fourth-order valence-corrected chi connectivity index (χ4v) is 9.45. The average Bonchev–Trinajstić information content (AvgIpc) is 3.91. The lowest BCUT2D eigenvalue weighted by molar-refractivity contribution is -0.136. The third-order valence-electron chi connectivity index (χ3n) is 12.4. The molecule has 9 rings (SSSR count). The molecule has 0 radical (unpaired) electrons. The van der Waals surface area contributed by atoms with E-state index in [1.54, 1.807) is 18.2 Å². The van der Waals surface area contributed by atoms with Crippen LogP contribution in [0.3, 0.4) is 0 Å². The Labute approximate surface area is 336 Å². The maximum atomic E-state index is 13.3. The summed E-state index contributed by atoms with van der Waals surface area (Å²) in [6.45, 7) is 11.8. The lowest BCUT2D eigenvalue weighted by Crippen LogP contribution is -2.54. The summed E-state index contributed by atoms with van der Waals surface area (Å²) in [4.78, 5) is 59.9. The highest BCUT2D eigenvalue weighted by molar-refractivity contribution is 6.33. The fraction of sp³-hybridized carbons (Fsp3) is 0.378. The Morgan fingerprint density at radius 1 is 0.842 bits per heavy atom. The Hall–Kier alpha value is -5.75. The van der Waals surface area contributed by atoms with Crippen LogP contribution in [0.2, 0.25) is 5.02 Å². The van der Waals surface area contributed by atoms with Gasteiger partial charge in [0.1, 0.15) is 6.04 Å². The van der Waals surface area contributed by atoms with Crippen LogP contribution in [0.1, 0.15) is 88.0 Å². The Kier molecular flexibility index (Phi) is 9.90. The summed E-state index contributed by atoms with van der Waals surface area (Å²) in [6.07, 6.45) is 7.50. The van der Waals surface area contributed by atoms with E-state index in [1.165, 1.54) is 16.8 Å². The number of carbonyl (C=O) groups excluding carboxylic acids is 4. The molecule has 0 bridgehead atoms. The summed E-state index contributed by atoms with van der Waals surface area (Å²) < 4.78 is 2.13. The number of nitrogens with zero attached hydrogens (tertiary/aromatic N) is 6. The van der Waals surface area contributed by atoms with Gasteiger partial charge in [-0.2, -0.15) is 5.10 Å². The summed E-state index contributed by atoms with van der Waals surface area (Å²) in [5.74, 6) is 5.44. The number of benzene rings is 3. The zero-order valence-electron chi connectivity index (χ0n) is 31.6. The van der Waals surface area contributed by atoms with E-state index < -0.39 is 23.8 Å². The summed E-state index contributed by atoms with van der Waals surface area (Å²) >= 11 is 6.37. The SMILES string of the molecule is [C-]#[N+]c1ccc(-c2nn(Cc3ccc(C#CC4CCN(C5CCN(c6ccc7c(c6)C(=O)N(C6CCC(=O)NC6=O)C7=O)CC5)CC4)cc3)c3c2CCC3)cc1Cl. The van der Waals surface area contributed by atoms with Gasteiger partial charge in [-0.25, -0.2) is 4.85 Å². The number of nitrogens with one attached hydrogen (secondary N) is 1. The van der Waals surface area contributed by atoms with E-state index >= 15 is 0 Å². The summed E-state index contributed by atoms with van der Waals surface area (Å²) in [6, 6.07) is 19.0. The van der Waals surface area contributed by atoms with E-state index in [1.807, 2.05) is 18.2 Å². The highest BCUT2D eigenvalue weighted by Crippen LogP contribution is 2.37. The van der Waals surface area contributed by atoms with Crippen molar-refractivity contribution in [3.05, 3.63) is 111 Å². The smallest absolute Gasteiger partial charge is 0.262 e. The maximum Gasteiger partial charge on any atom is 0.262 e. The fourth-order valence-electron chi connectivity index (χ4n) is 9.22. The Balaban J connectivity index is 0.762. The molecular formula is C45H42ClN7O4. The highest BCUT2D eigenvalue weighted by Gasteiger charge is 2.45. The molecule has 5 aliphatic rings. The van der Waals surface area contributed by atoms with E-state index in [-0.39, 0.29) is 18.7 Å². The van der Waals surface area contributed by atoms with Gasteiger partial charge in [-0.05, 0) is 106 Å². The van der Waals surface area contributed by atoms with E-state index in [4.69, 9.17) is 23.3 Å². The summed E-state index contributed by atoms with van der Waals surface area (Å²) in [7, 11) is 0. The van der Waals surface area contributed by atoms with Crippen LogP contribution in [0.4, 0.5) is 11.4 Å². The standard InChI is InChI=1S/C45H42ClN7O4/c1-47-38-14-11-31(25-37(38)46)42-35-3-2-4-39(35)52(49-42)27-30-9-7-28(8-10-30)5-6-29-17-21-50(22-18-29)32-19-23-51(24-20-32)33-12-13-34-36(26-33)45(57)53(44(34)56)40-15-16-41(54)48-43(40)55/h7-14,25-26,29,32,40H,2-4,15-24,27H2,(H,48,54,55). The number of anilines is 1. The number of amides is 4. The van der Waals surface area contributed by atoms with Crippen molar-refractivity contribution < 1.29 is 19.2 Å². The van der Waals surface area contributed by atoms with E-state index in [9.17, 15) is 19.2 Å². The molecule has 1 unspecified atom stereocenters. The van der Waals surface area contributed by atoms with Crippen molar-refractivity contribution in [3.8, 4) is 23.1 Å². The molecule has 11 nitrogen and oxygen atoms in total. The molecule has 3 aromatic carbocycles. The number of fused-ring (bicyclic) bond motifs is 2. The Morgan fingerprint density at radius 2 is 1.61 bits per heavy atom. The molecule has 288 valence electrons. The minimum atomic E-state index is -0.962. The number of piperidine rings is 3. The third kappa shape index (κ3) is 7.11. The van der Waals surface area contributed by atoms with Gasteiger partial charge >= 0.3 is 0 Å². The van der Waals surface area contributed by atoms with E-state index in [0.717, 1.165) is 98.5 Å². The molecule has 4 amide bonds. The first-order chi connectivity index (χ1) is 27.7. The van der Waals surface area contributed by atoms with Crippen LogP contribution in [-0.2, 0) is 29.0 Å². The van der Waals surface area contributed by atoms with Gasteiger partial charge in [0.05, 0.1) is 29.9 Å². The zero-order valence-corrected chi connectivity index (χ0v) is 32.4. The van der Waals surface area contributed by atoms with Gasteiger partial charge in [-0.15, -0.1) is 0 Å². The van der Waals surface area contributed by atoms with Gasteiger partial charge in [0, 0.05) is 64.6 Å². The number of carbonyl (C=O) groups is 4. The molecule has 3 saturated heterocycles. The summed E-state index contributed by atoms with van der Waals surface area (Å²) in [5.41, 5.74) is 8.70. The molecule has 3 fully saturated rings. The monoisotopic (exact) mass is 779 g/mol. The van der Waals surface area contributed by atoms with Crippen LogP contribution in [-0.4, -0.2) is 81.5 Å². The molecular weight excluding hydrogens is 738 g/mol. The number of hydrogen-bond donors (Lipinski definition) is 1. The number of hydrogen-bond acceptors (Lipinski definition) is 7. The predicted molar refractivity (Wildman–Crippen MR) is 216 cm³/mol. The van der Waals surface area contributed by atoms with Gasteiger partial charge in [0.15, 0.2) is 0 Å². The Morgan fingerprint density at radius 3 is 2.35 bits per heavy atom. The second-order valence-corrected chi connectivity index (χ2v) is 16.1. The first-order valence-corrected chi connectivity index (χ1v) is 20.3. The van der Waals surface area contributed by atoms with Crippen LogP contribution in [0.25, 0.3) is 16.1 Å². The number of aromatic nitrogens is 2. The molecule has 0 saturated carbocycles. The third-order valence-corrected chi connectivity index (χ3v) is 12.7. The number of rotatable bonds is 6. The van der Waals surface area contributed by atoms with Gasteiger partial charge in [-0.3, -0.25) is 34.1 Å². The zero-order chi connectivity index (χ0) is 39.2. The number of halogens is 1. The lowest BCUT2D eigenvalue weighted by Gasteiger charge is -2.42. The molecule has 12 heteroatoms. The molecule has 4 aliphatic heterocycles. The topological polar surface area (TPSA) is 112 Å². The molecule has 5 heterocycles. The van der Waals surface area contributed by atoms with Crippen LogP contribution < -0.4 is 10.2 Å². The van der Waals surface area contributed by atoms with Gasteiger partial charge in [-0.1, -0.05) is 47.7 Å². The first kappa shape index (κ1) is 36.9. The van der Waals surface area contributed by atoms with Crippen LogP contribution in [0, 0.1) is 24.3 Å². The second-order valence-electron chi connectivity index (χ2n) is 15.7. The largest absolute Gasteiger partial charge is 0.371 e. The normalized spacial score (nSPS) is 20.2. The Bertz CT molecular complexity index is 2410. The van der Waals surface area contributed by atoms with Crippen LogP contribution in [0.15, 0.2) is 60.7 Å². The van der Waals surface area contributed by atoms with Gasteiger partial charge < -0.3 is 9.80 Å². The van der Waals surface area contributed by atoms with Crippen molar-refractivity contribution in [2.45, 2.75) is 76.4 Å². The molecule has 1 aromatic heterocycles. The van der Waals surface area contributed by atoms with E-state index in [0.29, 0.717) is 40.3 Å². The second kappa shape index (κ2) is 15.3. The highest BCUT2D eigenvalue weighted by atomic mass is 35.5. The molecule has 4 aromatic rings. The van der Waals surface area contributed by atoms with Crippen LogP contribution in [0.5, 0.6) is 0 Å². The van der Waals surface area contributed by atoms with Gasteiger partial charge in [0.25, 0.3) is 11.8 Å². The van der Waals surface area contributed by atoms with Gasteiger partial charge in [0.2, 0.25) is 17.5 Å². The van der Waals surface area contributed by atoms with Crippen molar-refractivity contribution >= 4 is 46.6 Å². The average molecular weight is 780 g/mol. The molecule has 1 N–H and O–H groups in total. The molecule has 57 heavy (non-hydrogen) atoms. The first-order valence-electron chi connectivity index (χ1n) is 19.9. The van der Waals surface area contributed by atoms with Crippen molar-refractivity contribution in [2.75, 3.05) is 31.1 Å². The minimum Gasteiger partial charge on any atom is -0.371 e. The van der Waals surface area contributed by atoms with Crippen molar-refractivity contribution in [3.63, 3.8) is 0 Å². The van der Waals surface area contributed by atoms with Crippen molar-refractivity contribution in [1.82, 2.24) is 24.9 Å². The molecule has 1 atom stereocenters. The number of likely N-dealkylation sites (tertiary alicyclic amines) is 1.